The second-order valence-electron chi connectivity index (χ2n) is 3.57. The number of fused-ring (bicyclic) bond motifs is 1. The maximum Gasteiger partial charge on any atom is 0.172 e. The second kappa shape index (κ2) is 5.27. The molecule has 90 valence electrons. The average Bonchev–Trinajstić information content (AvgIpc) is 2.35. The van der Waals surface area contributed by atoms with Gasteiger partial charge in [-0.3, -0.25) is 0 Å². The van der Waals surface area contributed by atoms with Crippen molar-refractivity contribution in [2.24, 2.45) is 0 Å². The van der Waals surface area contributed by atoms with Gasteiger partial charge in [0.15, 0.2) is 11.0 Å². The molecule has 0 spiro atoms. The molecule has 0 saturated heterocycles. The van der Waals surface area contributed by atoms with Crippen LogP contribution in [0.5, 0.6) is 0 Å². The predicted octanol–water partition coefficient (Wildman–Crippen LogP) is 1.05. The molecule has 0 fully saturated rings. The largest absolute Gasteiger partial charge is 0.394 e. The Morgan fingerprint density at radius 1 is 1.24 bits per heavy atom. The van der Waals surface area contributed by atoms with Crippen molar-refractivity contribution in [2.75, 3.05) is 18.5 Å². The van der Waals surface area contributed by atoms with Crippen LogP contribution in [0.3, 0.4) is 0 Å². The van der Waals surface area contributed by atoms with Gasteiger partial charge in [0.1, 0.15) is 0 Å². The SMILES string of the molecule is OCC(O)CNc1nc2ccccc2nc1Cl. The Kier molecular flexibility index (Phi) is 3.73. The van der Waals surface area contributed by atoms with Gasteiger partial charge in [0, 0.05) is 6.54 Å². The first-order valence-corrected chi connectivity index (χ1v) is 5.53. The van der Waals surface area contributed by atoms with E-state index in [1.54, 1.807) is 0 Å². The molecule has 6 heteroatoms. The Labute approximate surface area is 103 Å². The summed E-state index contributed by atoms with van der Waals surface area (Å²) in [6.07, 6.45) is -0.848. The zero-order valence-electron chi connectivity index (χ0n) is 8.97. The normalized spacial score (nSPS) is 12.6. The first-order chi connectivity index (χ1) is 8.20. The fraction of sp³-hybridized carbons (Fsp3) is 0.273. The number of rotatable bonds is 4. The molecule has 1 aromatic heterocycles. The van der Waals surface area contributed by atoms with Gasteiger partial charge in [0.05, 0.1) is 23.7 Å². The molecule has 5 nitrogen and oxygen atoms in total. The van der Waals surface area contributed by atoms with Crippen molar-refractivity contribution in [3.05, 3.63) is 29.4 Å². The summed E-state index contributed by atoms with van der Waals surface area (Å²) in [6.45, 7) is -0.144. The molecule has 0 saturated carbocycles. The van der Waals surface area contributed by atoms with Crippen LogP contribution in [0.25, 0.3) is 11.0 Å². The number of para-hydroxylation sites is 2. The van der Waals surface area contributed by atoms with E-state index in [9.17, 15) is 5.11 Å². The fourth-order valence-electron chi connectivity index (χ4n) is 1.37. The molecule has 0 radical (unpaired) electrons. The van der Waals surface area contributed by atoms with Crippen LogP contribution < -0.4 is 5.32 Å². The van der Waals surface area contributed by atoms with Gasteiger partial charge >= 0.3 is 0 Å². The smallest absolute Gasteiger partial charge is 0.172 e. The summed E-state index contributed by atoms with van der Waals surface area (Å²) in [5, 5.41) is 21.0. The summed E-state index contributed by atoms with van der Waals surface area (Å²) in [6, 6.07) is 7.36. The number of hydrogen-bond acceptors (Lipinski definition) is 5. The molecule has 2 aromatic rings. The Bertz CT molecular complexity index is 521. The second-order valence-corrected chi connectivity index (χ2v) is 3.93. The Morgan fingerprint density at radius 3 is 2.53 bits per heavy atom. The van der Waals surface area contributed by atoms with E-state index in [4.69, 9.17) is 16.7 Å². The lowest BCUT2D eigenvalue weighted by molar-refractivity contribution is 0.105. The molecular formula is C11H12ClN3O2. The Hall–Kier alpha value is -1.43. The van der Waals surface area contributed by atoms with Gasteiger partial charge < -0.3 is 15.5 Å². The molecule has 0 aliphatic carbocycles. The highest BCUT2D eigenvalue weighted by Gasteiger charge is 2.08. The van der Waals surface area contributed by atoms with Gasteiger partial charge in [0.25, 0.3) is 0 Å². The van der Waals surface area contributed by atoms with Gasteiger partial charge in [-0.2, -0.15) is 0 Å². The van der Waals surface area contributed by atoms with Crippen LogP contribution in [-0.4, -0.2) is 39.4 Å². The standard InChI is InChI=1S/C11H12ClN3O2/c12-10-11(13-5-7(17)6-16)15-9-4-2-1-3-8(9)14-10/h1-4,7,16-17H,5-6H2,(H,13,15). The lowest BCUT2D eigenvalue weighted by atomic mass is 10.3. The molecular weight excluding hydrogens is 242 g/mol. The highest BCUT2D eigenvalue weighted by molar-refractivity contribution is 6.32. The van der Waals surface area contributed by atoms with Crippen LogP contribution >= 0.6 is 11.6 Å². The van der Waals surface area contributed by atoms with Gasteiger partial charge in [-0.1, -0.05) is 23.7 Å². The molecule has 0 amide bonds. The maximum absolute atomic E-state index is 9.22. The number of nitrogens with zero attached hydrogens (tertiary/aromatic N) is 2. The molecule has 17 heavy (non-hydrogen) atoms. The number of benzene rings is 1. The van der Waals surface area contributed by atoms with Gasteiger partial charge in [-0.25, -0.2) is 9.97 Å². The first kappa shape index (κ1) is 12.0. The molecule has 1 aromatic carbocycles. The van der Waals surface area contributed by atoms with Crippen LogP contribution in [0.2, 0.25) is 5.15 Å². The minimum absolute atomic E-state index is 0.170. The summed E-state index contributed by atoms with van der Waals surface area (Å²) in [5.41, 5.74) is 1.43. The number of aliphatic hydroxyl groups excluding tert-OH is 2. The molecule has 0 aliphatic heterocycles. The summed E-state index contributed by atoms with van der Waals surface area (Å²) in [7, 11) is 0. The van der Waals surface area contributed by atoms with Crippen molar-refractivity contribution in [2.45, 2.75) is 6.10 Å². The van der Waals surface area contributed by atoms with Gasteiger partial charge in [-0.15, -0.1) is 0 Å². The number of aromatic nitrogens is 2. The van der Waals surface area contributed by atoms with Gasteiger partial charge in [0.2, 0.25) is 0 Å². The van der Waals surface area contributed by atoms with Crippen LogP contribution in [0.4, 0.5) is 5.82 Å². The average molecular weight is 254 g/mol. The van der Waals surface area contributed by atoms with Crippen molar-refractivity contribution in [1.82, 2.24) is 9.97 Å². The number of halogens is 1. The topological polar surface area (TPSA) is 78.3 Å². The van der Waals surface area contributed by atoms with E-state index in [2.05, 4.69) is 15.3 Å². The number of anilines is 1. The Balaban J connectivity index is 2.25. The van der Waals surface area contributed by atoms with E-state index >= 15 is 0 Å². The summed E-state index contributed by atoms with van der Waals surface area (Å²) < 4.78 is 0. The maximum atomic E-state index is 9.22. The highest BCUT2D eigenvalue weighted by atomic mass is 35.5. The first-order valence-electron chi connectivity index (χ1n) is 5.16. The van der Waals surface area contributed by atoms with Crippen LogP contribution in [-0.2, 0) is 0 Å². The van der Waals surface area contributed by atoms with E-state index < -0.39 is 6.10 Å². The van der Waals surface area contributed by atoms with E-state index in [-0.39, 0.29) is 18.3 Å². The summed E-state index contributed by atoms with van der Waals surface area (Å²) in [5.74, 6) is 0.401. The van der Waals surface area contributed by atoms with Crippen molar-refractivity contribution in [3.63, 3.8) is 0 Å². The van der Waals surface area contributed by atoms with E-state index in [1.807, 2.05) is 24.3 Å². The third-order valence-electron chi connectivity index (χ3n) is 2.24. The van der Waals surface area contributed by atoms with Crippen molar-refractivity contribution in [3.8, 4) is 0 Å². The number of aliphatic hydroxyl groups is 2. The third-order valence-corrected chi connectivity index (χ3v) is 2.51. The van der Waals surface area contributed by atoms with Crippen LogP contribution in [0.1, 0.15) is 0 Å². The molecule has 0 aliphatic rings. The molecule has 0 bridgehead atoms. The zero-order chi connectivity index (χ0) is 12.3. The van der Waals surface area contributed by atoms with Gasteiger partial charge in [-0.05, 0) is 12.1 Å². The Morgan fingerprint density at radius 2 is 1.88 bits per heavy atom. The van der Waals surface area contributed by atoms with E-state index in [1.165, 1.54) is 0 Å². The molecule has 3 N–H and O–H groups in total. The fourth-order valence-corrected chi connectivity index (χ4v) is 1.57. The van der Waals surface area contributed by atoms with E-state index in [0.717, 1.165) is 5.52 Å². The van der Waals surface area contributed by atoms with Crippen LogP contribution in [0.15, 0.2) is 24.3 Å². The van der Waals surface area contributed by atoms with Crippen molar-refractivity contribution in [1.29, 1.82) is 0 Å². The van der Waals surface area contributed by atoms with E-state index in [0.29, 0.717) is 11.3 Å². The number of hydrogen-bond donors (Lipinski definition) is 3. The summed E-state index contributed by atoms with van der Waals surface area (Å²) >= 11 is 5.95. The molecule has 1 heterocycles. The zero-order valence-corrected chi connectivity index (χ0v) is 9.72. The monoisotopic (exact) mass is 253 g/mol. The van der Waals surface area contributed by atoms with Crippen molar-refractivity contribution >= 4 is 28.5 Å². The number of nitrogens with one attached hydrogen (secondary N) is 1. The molecule has 2 rings (SSSR count). The van der Waals surface area contributed by atoms with Crippen molar-refractivity contribution < 1.29 is 10.2 Å². The van der Waals surface area contributed by atoms with Crippen LogP contribution in [0, 0.1) is 0 Å². The molecule has 1 unspecified atom stereocenters. The minimum atomic E-state index is -0.848. The lowest BCUT2D eigenvalue weighted by Crippen LogP contribution is -2.23. The predicted molar refractivity (Wildman–Crippen MR) is 66.1 cm³/mol. The quantitative estimate of drug-likeness (QED) is 0.759. The highest BCUT2D eigenvalue weighted by Crippen LogP contribution is 2.20. The third kappa shape index (κ3) is 2.82. The lowest BCUT2D eigenvalue weighted by Gasteiger charge is -2.10. The summed E-state index contributed by atoms with van der Waals surface area (Å²) in [4.78, 5) is 8.46. The minimum Gasteiger partial charge on any atom is -0.394 e. The molecule has 1 atom stereocenters.